The van der Waals surface area contributed by atoms with Gasteiger partial charge in [0.05, 0.1) is 11.7 Å². The molecule has 1 fully saturated rings. The number of ether oxygens (including phenoxy) is 1. The number of nitrogens with two attached hydrogens (primary N) is 1. The molecule has 1 heterocycles. The number of hydrogen-bond donors (Lipinski definition) is 1. The number of thiazole rings is 1. The van der Waals surface area contributed by atoms with Crippen LogP contribution in [0.4, 0.5) is 13.2 Å². The van der Waals surface area contributed by atoms with E-state index in [4.69, 9.17) is 5.73 Å². The van der Waals surface area contributed by atoms with E-state index in [1.54, 1.807) is 12.1 Å². The fraction of sp³-hybridized carbons (Fsp3) is 0.357. The zero-order chi connectivity index (χ0) is 15.0. The van der Waals surface area contributed by atoms with E-state index in [0.29, 0.717) is 5.92 Å². The highest BCUT2D eigenvalue weighted by molar-refractivity contribution is 7.10. The van der Waals surface area contributed by atoms with E-state index >= 15 is 0 Å². The Bertz CT molecular complexity index is 620. The van der Waals surface area contributed by atoms with E-state index in [1.807, 2.05) is 5.38 Å². The number of aromatic nitrogens is 1. The molecule has 1 saturated carbocycles. The molecule has 1 unspecified atom stereocenters. The highest BCUT2D eigenvalue weighted by atomic mass is 32.1. The summed E-state index contributed by atoms with van der Waals surface area (Å²) in [4.78, 5) is 4.48. The lowest BCUT2D eigenvalue weighted by Crippen LogP contribution is -2.16. The molecule has 0 radical (unpaired) electrons. The Morgan fingerprint density at radius 3 is 2.48 bits per heavy atom. The maximum Gasteiger partial charge on any atom is 0.573 e. The highest BCUT2D eigenvalue weighted by Crippen LogP contribution is 2.41. The second kappa shape index (κ2) is 5.31. The Labute approximate surface area is 123 Å². The van der Waals surface area contributed by atoms with Crippen molar-refractivity contribution in [3.8, 4) is 17.0 Å². The van der Waals surface area contributed by atoms with Gasteiger partial charge < -0.3 is 10.5 Å². The van der Waals surface area contributed by atoms with Gasteiger partial charge in [-0.25, -0.2) is 4.98 Å². The van der Waals surface area contributed by atoms with E-state index in [1.165, 1.54) is 23.5 Å². The third-order valence-corrected chi connectivity index (χ3v) is 4.27. The molecule has 112 valence electrons. The average Bonchev–Trinajstić information content (AvgIpc) is 3.15. The number of nitrogens with zero attached hydrogens (tertiary/aromatic N) is 1. The summed E-state index contributed by atoms with van der Waals surface area (Å²) in [5.74, 6) is 0.281. The van der Waals surface area contributed by atoms with Crippen LogP contribution in [-0.2, 0) is 0 Å². The monoisotopic (exact) mass is 314 g/mol. The molecule has 1 aromatic carbocycles. The molecule has 0 saturated heterocycles. The van der Waals surface area contributed by atoms with Crippen molar-refractivity contribution >= 4 is 11.3 Å². The van der Waals surface area contributed by atoms with E-state index in [9.17, 15) is 13.2 Å². The Balaban J connectivity index is 1.74. The summed E-state index contributed by atoms with van der Waals surface area (Å²) < 4.78 is 40.1. The van der Waals surface area contributed by atoms with Gasteiger partial charge in [-0.15, -0.1) is 24.5 Å². The van der Waals surface area contributed by atoms with Crippen molar-refractivity contribution in [2.24, 2.45) is 11.7 Å². The van der Waals surface area contributed by atoms with Gasteiger partial charge in [0.2, 0.25) is 0 Å². The quantitative estimate of drug-likeness (QED) is 0.923. The Morgan fingerprint density at radius 2 is 1.90 bits per heavy atom. The normalized spacial score (nSPS) is 16.8. The molecule has 1 aromatic heterocycles. The second-order valence-electron chi connectivity index (χ2n) is 5.01. The van der Waals surface area contributed by atoms with Crippen molar-refractivity contribution in [3.05, 3.63) is 34.7 Å². The maximum absolute atomic E-state index is 12.1. The molecule has 0 amide bonds. The molecular weight excluding hydrogens is 301 g/mol. The first-order valence-corrected chi connectivity index (χ1v) is 7.37. The topological polar surface area (TPSA) is 48.1 Å². The molecular formula is C14H13F3N2OS. The minimum absolute atomic E-state index is 0.0309. The van der Waals surface area contributed by atoms with Crippen LogP contribution in [0.2, 0.25) is 0 Å². The van der Waals surface area contributed by atoms with Crippen LogP contribution in [0.25, 0.3) is 11.3 Å². The highest BCUT2D eigenvalue weighted by Gasteiger charge is 2.32. The summed E-state index contributed by atoms with van der Waals surface area (Å²) in [6.45, 7) is 0. The lowest BCUT2D eigenvalue weighted by atomic mass is 10.1. The molecule has 1 atom stereocenters. The van der Waals surface area contributed by atoms with Crippen LogP contribution >= 0.6 is 11.3 Å². The lowest BCUT2D eigenvalue weighted by Gasteiger charge is -2.08. The van der Waals surface area contributed by atoms with Crippen molar-refractivity contribution in [3.63, 3.8) is 0 Å². The van der Waals surface area contributed by atoms with Crippen LogP contribution in [0, 0.1) is 5.92 Å². The molecule has 3 rings (SSSR count). The van der Waals surface area contributed by atoms with Crippen LogP contribution in [0.1, 0.15) is 23.9 Å². The fourth-order valence-electron chi connectivity index (χ4n) is 2.06. The van der Waals surface area contributed by atoms with Gasteiger partial charge in [-0.3, -0.25) is 0 Å². The average molecular weight is 314 g/mol. The second-order valence-corrected chi connectivity index (χ2v) is 5.90. The van der Waals surface area contributed by atoms with Crippen molar-refractivity contribution in [2.75, 3.05) is 0 Å². The molecule has 2 aromatic rings. The first-order chi connectivity index (χ1) is 9.92. The smallest absolute Gasteiger partial charge is 0.406 e. The van der Waals surface area contributed by atoms with Crippen molar-refractivity contribution in [1.29, 1.82) is 0 Å². The zero-order valence-corrected chi connectivity index (χ0v) is 11.7. The number of alkyl halides is 3. The van der Waals surface area contributed by atoms with E-state index in [0.717, 1.165) is 29.1 Å². The summed E-state index contributed by atoms with van der Waals surface area (Å²) in [5.41, 5.74) is 7.56. The molecule has 1 aliphatic carbocycles. The summed E-state index contributed by atoms with van der Waals surface area (Å²) in [7, 11) is 0. The number of benzene rings is 1. The Kier molecular flexibility index (Phi) is 3.62. The van der Waals surface area contributed by atoms with Gasteiger partial charge in [0.15, 0.2) is 0 Å². The van der Waals surface area contributed by atoms with Crippen LogP contribution < -0.4 is 10.5 Å². The van der Waals surface area contributed by atoms with Crippen LogP contribution in [0.5, 0.6) is 5.75 Å². The van der Waals surface area contributed by atoms with Crippen molar-refractivity contribution < 1.29 is 17.9 Å². The lowest BCUT2D eigenvalue weighted by molar-refractivity contribution is -0.274. The molecule has 0 bridgehead atoms. The van der Waals surface area contributed by atoms with E-state index < -0.39 is 6.36 Å². The summed E-state index contributed by atoms with van der Waals surface area (Å²) in [6.07, 6.45) is -2.40. The molecule has 3 nitrogen and oxygen atoms in total. The molecule has 2 N–H and O–H groups in total. The standard InChI is InChI=1S/C14H13F3N2OS/c15-14(16,17)20-10-5-3-8(4-6-10)11-7-21-13(19-11)12(18)9-1-2-9/h3-7,9,12H,1-2,18H2. The predicted molar refractivity (Wildman–Crippen MR) is 73.9 cm³/mol. The SMILES string of the molecule is NC(c1nc(-c2ccc(OC(F)(F)F)cc2)cs1)C1CC1. The van der Waals surface area contributed by atoms with Gasteiger partial charge in [-0.2, -0.15) is 0 Å². The van der Waals surface area contributed by atoms with Crippen LogP contribution in [-0.4, -0.2) is 11.3 Å². The number of rotatable bonds is 4. The number of halogens is 3. The maximum atomic E-state index is 12.1. The van der Waals surface area contributed by atoms with Gasteiger partial charge in [-0.05, 0) is 43.0 Å². The summed E-state index contributed by atoms with van der Waals surface area (Å²) in [6, 6.07) is 5.65. The van der Waals surface area contributed by atoms with Gasteiger partial charge in [0.1, 0.15) is 10.8 Å². The summed E-state index contributed by atoms with van der Waals surface area (Å²) >= 11 is 1.49. The third kappa shape index (κ3) is 3.54. The summed E-state index contributed by atoms with van der Waals surface area (Å²) in [5, 5.41) is 2.75. The zero-order valence-electron chi connectivity index (χ0n) is 10.9. The van der Waals surface area contributed by atoms with Gasteiger partial charge in [0, 0.05) is 10.9 Å². The van der Waals surface area contributed by atoms with Gasteiger partial charge in [0.25, 0.3) is 0 Å². The molecule has 21 heavy (non-hydrogen) atoms. The van der Waals surface area contributed by atoms with Crippen LogP contribution in [0.3, 0.4) is 0 Å². The predicted octanol–water partition coefficient (Wildman–Crippen LogP) is 4.12. The first kappa shape index (κ1) is 14.3. The Morgan fingerprint density at radius 1 is 1.24 bits per heavy atom. The molecule has 7 heteroatoms. The molecule has 0 aliphatic heterocycles. The molecule has 1 aliphatic rings. The minimum atomic E-state index is -4.67. The Hall–Kier alpha value is -1.60. The third-order valence-electron chi connectivity index (χ3n) is 3.32. The van der Waals surface area contributed by atoms with Crippen molar-refractivity contribution in [1.82, 2.24) is 4.98 Å². The van der Waals surface area contributed by atoms with Crippen molar-refractivity contribution in [2.45, 2.75) is 25.2 Å². The first-order valence-electron chi connectivity index (χ1n) is 6.49. The minimum Gasteiger partial charge on any atom is -0.406 e. The fourth-order valence-corrected chi connectivity index (χ4v) is 2.98. The van der Waals surface area contributed by atoms with Crippen LogP contribution in [0.15, 0.2) is 29.6 Å². The number of hydrogen-bond acceptors (Lipinski definition) is 4. The van der Waals surface area contributed by atoms with E-state index in [2.05, 4.69) is 9.72 Å². The van der Waals surface area contributed by atoms with Gasteiger partial charge in [-0.1, -0.05) is 0 Å². The largest absolute Gasteiger partial charge is 0.573 e. The van der Waals surface area contributed by atoms with Gasteiger partial charge >= 0.3 is 6.36 Å². The van der Waals surface area contributed by atoms with E-state index in [-0.39, 0.29) is 11.8 Å². The molecule has 0 spiro atoms.